The summed E-state index contributed by atoms with van der Waals surface area (Å²) in [6, 6.07) is 12.7. The standard InChI is InChI=1S/C21H15Cl2FN2O2/c22-14-5-8-16(17(23)10-14)19(25)18(21(28)13-2-1-9-26-11-13)20(27)12-3-6-15(24)7-4-12/h1-11,18,21,25,28H. The van der Waals surface area contributed by atoms with Gasteiger partial charge in [0.25, 0.3) is 0 Å². The molecule has 28 heavy (non-hydrogen) atoms. The van der Waals surface area contributed by atoms with Gasteiger partial charge in [-0.3, -0.25) is 9.78 Å². The molecule has 0 saturated carbocycles. The van der Waals surface area contributed by atoms with E-state index in [9.17, 15) is 14.3 Å². The number of rotatable bonds is 6. The summed E-state index contributed by atoms with van der Waals surface area (Å²) in [5.74, 6) is -2.29. The van der Waals surface area contributed by atoms with Crippen LogP contribution in [0, 0.1) is 17.1 Å². The van der Waals surface area contributed by atoms with Gasteiger partial charge in [0.05, 0.1) is 22.8 Å². The van der Waals surface area contributed by atoms with Crippen molar-refractivity contribution in [3.8, 4) is 0 Å². The van der Waals surface area contributed by atoms with Gasteiger partial charge in [0.15, 0.2) is 5.78 Å². The summed E-state index contributed by atoms with van der Waals surface area (Å²) in [6.45, 7) is 0. The Kier molecular flexibility index (Phi) is 6.19. The molecular formula is C21H15Cl2FN2O2. The number of nitrogens with one attached hydrogen (secondary N) is 1. The number of hydrogen-bond donors (Lipinski definition) is 2. The Balaban J connectivity index is 2.06. The topological polar surface area (TPSA) is 74.0 Å². The van der Waals surface area contributed by atoms with Gasteiger partial charge >= 0.3 is 0 Å². The SMILES string of the molecule is N=C(c1ccc(Cl)cc1Cl)C(C(=O)c1ccc(F)cc1)C(O)c1cccnc1. The minimum atomic E-state index is -1.34. The van der Waals surface area contributed by atoms with Gasteiger partial charge in [-0.25, -0.2) is 4.39 Å². The number of pyridine rings is 1. The maximum Gasteiger partial charge on any atom is 0.174 e. The van der Waals surface area contributed by atoms with E-state index in [2.05, 4.69) is 4.98 Å². The lowest BCUT2D eigenvalue weighted by Gasteiger charge is -2.24. The van der Waals surface area contributed by atoms with Crippen LogP contribution in [0.15, 0.2) is 67.0 Å². The van der Waals surface area contributed by atoms with E-state index in [4.69, 9.17) is 28.6 Å². The van der Waals surface area contributed by atoms with Crippen molar-refractivity contribution in [2.24, 2.45) is 5.92 Å². The van der Waals surface area contributed by atoms with E-state index >= 15 is 0 Å². The van der Waals surface area contributed by atoms with Gasteiger partial charge in [0.2, 0.25) is 0 Å². The van der Waals surface area contributed by atoms with Crippen molar-refractivity contribution >= 4 is 34.7 Å². The second-order valence-electron chi connectivity index (χ2n) is 6.12. The van der Waals surface area contributed by atoms with Crippen molar-refractivity contribution < 1.29 is 14.3 Å². The number of benzene rings is 2. The Labute approximate surface area is 171 Å². The minimum Gasteiger partial charge on any atom is -0.387 e. The number of aliphatic hydroxyl groups excluding tert-OH is 1. The molecule has 2 aromatic carbocycles. The molecule has 0 saturated heterocycles. The smallest absolute Gasteiger partial charge is 0.174 e. The van der Waals surface area contributed by atoms with E-state index in [-0.39, 0.29) is 21.9 Å². The van der Waals surface area contributed by atoms with Gasteiger partial charge in [-0.1, -0.05) is 35.3 Å². The fraction of sp³-hybridized carbons (Fsp3) is 0.0952. The summed E-state index contributed by atoms with van der Waals surface area (Å²) in [7, 11) is 0. The normalized spacial score (nSPS) is 13.0. The molecule has 0 aliphatic carbocycles. The van der Waals surface area contributed by atoms with Crippen molar-refractivity contribution in [1.29, 1.82) is 5.41 Å². The van der Waals surface area contributed by atoms with Crippen LogP contribution in [0.1, 0.15) is 27.6 Å². The van der Waals surface area contributed by atoms with Crippen LogP contribution in [0.25, 0.3) is 0 Å². The molecule has 0 spiro atoms. The quantitative estimate of drug-likeness (QED) is 0.432. The van der Waals surface area contributed by atoms with Crippen molar-refractivity contribution in [2.75, 3.05) is 0 Å². The highest BCUT2D eigenvalue weighted by atomic mass is 35.5. The van der Waals surface area contributed by atoms with Crippen LogP contribution in [0.4, 0.5) is 4.39 Å². The van der Waals surface area contributed by atoms with Gasteiger partial charge in [0, 0.05) is 28.5 Å². The molecule has 3 aromatic rings. The molecule has 0 amide bonds. The summed E-state index contributed by atoms with van der Waals surface area (Å²) in [6.07, 6.45) is 1.62. The van der Waals surface area contributed by atoms with Crippen molar-refractivity contribution in [3.63, 3.8) is 0 Å². The van der Waals surface area contributed by atoms with E-state index in [1.54, 1.807) is 18.2 Å². The monoisotopic (exact) mass is 416 g/mol. The number of carbonyl (C=O) groups excluding carboxylic acids is 1. The lowest BCUT2D eigenvalue weighted by molar-refractivity contribution is 0.0793. The third kappa shape index (κ3) is 4.28. The van der Waals surface area contributed by atoms with Gasteiger partial charge in [0.1, 0.15) is 5.82 Å². The zero-order valence-corrected chi connectivity index (χ0v) is 16.0. The molecular weight excluding hydrogens is 402 g/mol. The first-order valence-electron chi connectivity index (χ1n) is 8.30. The largest absolute Gasteiger partial charge is 0.387 e. The highest BCUT2D eigenvalue weighted by Crippen LogP contribution is 2.31. The summed E-state index contributed by atoms with van der Waals surface area (Å²) in [5.41, 5.74) is 0.642. The summed E-state index contributed by atoms with van der Waals surface area (Å²) in [5, 5.41) is 20.1. The highest BCUT2D eigenvalue weighted by Gasteiger charge is 2.34. The van der Waals surface area contributed by atoms with Crippen LogP contribution in [-0.2, 0) is 0 Å². The molecule has 0 radical (unpaired) electrons. The van der Waals surface area contributed by atoms with Crippen molar-refractivity contribution in [3.05, 3.63) is 99.5 Å². The number of halogens is 3. The molecule has 142 valence electrons. The maximum absolute atomic E-state index is 13.2. The Morgan fingerprint density at radius 1 is 1.11 bits per heavy atom. The number of hydrogen-bond acceptors (Lipinski definition) is 4. The number of carbonyl (C=O) groups is 1. The van der Waals surface area contributed by atoms with E-state index in [1.807, 2.05) is 0 Å². The number of ketones is 1. The zero-order chi connectivity index (χ0) is 20.3. The van der Waals surface area contributed by atoms with Crippen LogP contribution in [0.5, 0.6) is 0 Å². The first-order chi connectivity index (χ1) is 13.4. The third-order valence-electron chi connectivity index (χ3n) is 4.29. The Morgan fingerprint density at radius 3 is 2.43 bits per heavy atom. The lowest BCUT2D eigenvalue weighted by atomic mass is 9.83. The Bertz CT molecular complexity index is 1010. The van der Waals surface area contributed by atoms with Crippen LogP contribution in [-0.4, -0.2) is 21.6 Å². The molecule has 0 bridgehead atoms. The van der Waals surface area contributed by atoms with Gasteiger partial charge in [-0.15, -0.1) is 0 Å². The van der Waals surface area contributed by atoms with Gasteiger partial charge in [-0.05, 0) is 48.0 Å². The molecule has 7 heteroatoms. The zero-order valence-electron chi connectivity index (χ0n) is 14.4. The first-order valence-corrected chi connectivity index (χ1v) is 9.05. The minimum absolute atomic E-state index is 0.171. The molecule has 0 fully saturated rings. The van der Waals surface area contributed by atoms with Crippen molar-refractivity contribution in [1.82, 2.24) is 4.98 Å². The molecule has 2 N–H and O–H groups in total. The molecule has 0 aliphatic rings. The number of nitrogens with zero attached hydrogens (tertiary/aromatic N) is 1. The molecule has 0 aliphatic heterocycles. The van der Waals surface area contributed by atoms with Gasteiger partial charge < -0.3 is 10.5 Å². The van der Waals surface area contributed by atoms with Crippen molar-refractivity contribution in [2.45, 2.75) is 6.10 Å². The fourth-order valence-corrected chi connectivity index (χ4v) is 3.36. The highest BCUT2D eigenvalue weighted by molar-refractivity contribution is 6.37. The van der Waals surface area contributed by atoms with E-state index in [0.29, 0.717) is 10.6 Å². The third-order valence-corrected chi connectivity index (χ3v) is 4.83. The molecule has 1 heterocycles. The Hall–Kier alpha value is -2.60. The van der Waals surface area contributed by atoms with E-state index in [1.165, 1.54) is 36.7 Å². The first kappa shape index (κ1) is 20.1. The second kappa shape index (κ2) is 8.61. The molecule has 2 unspecified atom stereocenters. The second-order valence-corrected chi connectivity index (χ2v) is 6.96. The average Bonchev–Trinajstić information content (AvgIpc) is 2.69. The molecule has 3 rings (SSSR count). The molecule has 1 aromatic heterocycles. The summed E-state index contributed by atoms with van der Waals surface area (Å²) >= 11 is 12.1. The van der Waals surface area contributed by atoms with Crippen LogP contribution >= 0.6 is 23.2 Å². The summed E-state index contributed by atoms with van der Waals surface area (Å²) in [4.78, 5) is 17.1. The molecule has 2 atom stereocenters. The number of Topliss-reactive ketones (excluding diaryl/α,β-unsaturated/α-hetero) is 1. The Morgan fingerprint density at radius 2 is 1.82 bits per heavy atom. The predicted octanol–water partition coefficient (Wildman–Crippen LogP) is 5.13. The van der Waals surface area contributed by atoms with Crippen LogP contribution < -0.4 is 0 Å². The molecule has 4 nitrogen and oxygen atoms in total. The fourth-order valence-electron chi connectivity index (χ4n) is 2.84. The lowest BCUT2D eigenvalue weighted by Crippen LogP contribution is -2.31. The van der Waals surface area contributed by atoms with E-state index in [0.717, 1.165) is 12.1 Å². The predicted molar refractivity (Wildman–Crippen MR) is 107 cm³/mol. The van der Waals surface area contributed by atoms with E-state index < -0.39 is 23.6 Å². The van der Waals surface area contributed by atoms with Crippen LogP contribution in [0.3, 0.4) is 0 Å². The number of aliphatic hydroxyl groups is 1. The maximum atomic E-state index is 13.2. The van der Waals surface area contributed by atoms with Gasteiger partial charge in [-0.2, -0.15) is 0 Å². The van der Waals surface area contributed by atoms with Crippen LogP contribution in [0.2, 0.25) is 10.0 Å². The number of aromatic nitrogens is 1. The average molecular weight is 417 g/mol. The summed E-state index contributed by atoms with van der Waals surface area (Å²) < 4.78 is 13.2.